The van der Waals surface area contributed by atoms with Crippen LogP contribution < -0.4 is 10.6 Å². The molecule has 1 aliphatic heterocycles. The summed E-state index contributed by atoms with van der Waals surface area (Å²) in [5, 5.41) is 6.65. The fourth-order valence-corrected chi connectivity index (χ4v) is 3.55. The van der Waals surface area contributed by atoms with Crippen molar-refractivity contribution < 1.29 is 9.53 Å². The summed E-state index contributed by atoms with van der Waals surface area (Å²) in [5.74, 6) is 1.17. The summed E-state index contributed by atoms with van der Waals surface area (Å²) in [5.41, 5.74) is 0.411. The minimum atomic E-state index is 0.174. The highest BCUT2D eigenvalue weighted by Crippen LogP contribution is 2.48. The van der Waals surface area contributed by atoms with E-state index in [-0.39, 0.29) is 5.91 Å². The van der Waals surface area contributed by atoms with E-state index in [1.54, 1.807) is 0 Å². The second kappa shape index (κ2) is 9.04. The molecule has 3 rings (SSSR count). The monoisotopic (exact) mass is 365 g/mol. The lowest BCUT2D eigenvalue weighted by atomic mass is 10.0. The first-order valence-electron chi connectivity index (χ1n) is 10.2. The first kappa shape index (κ1) is 19.4. The van der Waals surface area contributed by atoms with Gasteiger partial charge in [-0.05, 0) is 44.4 Å². The van der Waals surface area contributed by atoms with Crippen molar-refractivity contribution in [2.75, 3.05) is 59.5 Å². The molecule has 3 aliphatic rings. The van der Waals surface area contributed by atoms with Crippen molar-refractivity contribution in [1.82, 2.24) is 20.4 Å². The quantitative estimate of drug-likeness (QED) is 0.357. The number of guanidine groups is 1. The van der Waals surface area contributed by atoms with Crippen LogP contribution in [0.25, 0.3) is 0 Å². The summed E-state index contributed by atoms with van der Waals surface area (Å²) >= 11 is 0. The Labute approximate surface area is 157 Å². The highest BCUT2D eigenvalue weighted by molar-refractivity contribution is 5.80. The summed E-state index contributed by atoms with van der Waals surface area (Å²) in [6, 6.07) is 0.448. The maximum absolute atomic E-state index is 11.9. The standard InChI is InChI=1S/C19H35N5O2/c1-3-26-13-8-19(6-7-19)15-21-18(20-2)24-11-9-23(10-12-24)14-17(25)22-16-4-5-16/h16H,3-15H2,1-2H3,(H,20,21)(H,22,25). The summed E-state index contributed by atoms with van der Waals surface area (Å²) in [4.78, 5) is 21.0. The zero-order valence-electron chi connectivity index (χ0n) is 16.4. The molecule has 3 fully saturated rings. The Morgan fingerprint density at radius 1 is 1.23 bits per heavy atom. The highest BCUT2D eigenvalue weighted by Gasteiger charge is 2.42. The summed E-state index contributed by atoms with van der Waals surface area (Å²) in [7, 11) is 1.86. The van der Waals surface area contributed by atoms with E-state index >= 15 is 0 Å². The van der Waals surface area contributed by atoms with Crippen LogP contribution in [0.5, 0.6) is 0 Å². The fraction of sp³-hybridized carbons (Fsp3) is 0.895. The van der Waals surface area contributed by atoms with Crippen LogP contribution in [-0.2, 0) is 9.53 Å². The minimum absolute atomic E-state index is 0.174. The summed E-state index contributed by atoms with van der Waals surface area (Å²) < 4.78 is 5.52. The van der Waals surface area contributed by atoms with Crippen LogP contribution in [0, 0.1) is 5.41 Å². The fourth-order valence-electron chi connectivity index (χ4n) is 3.55. The molecule has 2 N–H and O–H groups in total. The van der Waals surface area contributed by atoms with Crippen LogP contribution in [0.3, 0.4) is 0 Å². The lowest BCUT2D eigenvalue weighted by molar-refractivity contribution is -0.122. The maximum atomic E-state index is 11.9. The third kappa shape index (κ3) is 5.84. The van der Waals surface area contributed by atoms with Crippen LogP contribution >= 0.6 is 0 Å². The van der Waals surface area contributed by atoms with Gasteiger partial charge in [-0.15, -0.1) is 0 Å². The molecule has 0 radical (unpaired) electrons. The van der Waals surface area contributed by atoms with Crippen molar-refractivity contribution in [2.45, 2.75) is 45.1 Å². The topological polar surface area (TPSA) is 69.2 Å². The number of amides is 1. The van der Waals surface area contributed by atoms with E-state index in [9.17, 15) is 4.79 Å². The maximum Gasteiger partial charge on any atom is 0.234 e. The zero-order valence-corrected chi connectivity index (χ0v) is 16.4. The first-order valence-corrected chi connectivity index (χ1v) is 10.2. The second-order valence-corrected chi connectivity index (χ2v) is 7.95. The van der Waals surface area contributed by atoms with Gasteiger partial charge in [0.1, 0.15) is 0 Å². The molecule has 26 heavy (non-hydrogen) atoms. The molecule has 0 aromatic rings. The van der Waals surface area contributed by atoms with Crippen LogP contribution in [0.1, 0.15) is 39.0 Å². The molecular weight excluding hydrogens is 330 g/mol. The molecule has 2 saturated carbocycles. The molecule has 1 saturated heterocycles. The third-order valence-corrected chi connectivity index (χ3v) is 5.75. The zero-order chi connectivity index (χ0) is 18.4. The highest BCUT2D eigenvalue weighted by atomic mass is 16.5. The number of nitrogens with zero attached hydrogens (tertiary/aromatic N) is 3. The van der Waals surface area contributed by atoms with Gasteiger partial charge in [-0.3, -0.25) is 14.7 Å². The molecule has 1 amide bonds. The smallest absolute Gasteiger partial charge is 0.234 e. The van der Waals surface area contributed by atoms with E-state index in [0.29, 0.717) is 18.0 Å². The molecule has 0 spiro atoms. The number of hydrogen-bond donors (Lipinski definition) is 2. The van der Waals surface area contributed by atoms with Crippen molar-refractivity contribution in [1.29, 1.82) is 0 Å². The van der Waals surface area contributed by atoms with Crippen molar-refractivity contribution in [2.24, 2.45) is 10.4 Å². The lowest BCUT2D eigenvalue weighted by Gasteiger charge is -2.36. The molecule has 2 aliphatic carbocycles. The number of aliphatic imine (C=N–C) groups is 1. The largest absolute Gasteiger partial charge is 0.382 e. The molecule has 1 heterocycles. The Morgan fingerprint density at radius 3 is 2.54 bits per heavy atom. The first-order chi connectivity index (χ1) is 12.6. The Hall–Kier alpha value is -1.34. The number of carbonyl (C=O) groups excluding carboxylic acids is 1. The van der Waals surface area contributed by atoms with Crippen LogP contribution in [0.4, 0.5) is 0 Å². The Morgan fingerprint density at radius 2 is 1.96 bits per heavy atom. The van der Waals surface area contributed by atoms with Crippen molar-refractivity contribution in [3.8, 4) is 0 Å². The van der Waals surface area contributed by atoms with Crippen LogP contribution in [0.15, 0.2) is 4.99 Å². The average Bonchev–Trinajstić information content (AvgIpc) is 3.55. The van der Waals surface area contributed by atoms with Crippen LogP contribution in [-0.4, -0.2) is 87.2 Å². The van der Waals surface area contributed by atoms with E-state index in [1.807, 2.05) is 7.05 Å². The van der Waals surface area contributed by atoms with Crippen molar-refractivity contribution in [3.63, 3.8) is 0 Å². The van der Waals surface area contributed by atoms with Crippen molar-refractivity contribution in [3.05, 3.63) is 0 Å². The average molecular weight is 366 g/mol. The molecule has 0 aromatic carbocycles. The van der Waals surface area contributed by atoms with Gasteiger partial charge in [0.25, 0.3) is 0 Å². The van der Waals surface area contributed by atoms with Gasteiger partial charge in [0, 0.05) is 59.0 Å². The SMILES string of the molecule is CCOCCC1(CNC(=NC)N2CCN(CC(=O)NC3CC3)CC2)CC1. The number of carbonyl (C=O) groups is 1. The van der Waals surface area contributed by atoms with Crippen molar-refractivity contribution >= 4 is 11.9 Å². The number of nitrogens with one attached hydrogen (secondary N) is 2. The second-order valence-electron chi connectivity index (χ2n) is 7.95. The lowest BCUT2D eigenvalue weighted by Crippen LogP contribution is -2.54. The number of hydrogen-bond acceptors (Lipinski definition) is 4. The van der Waals surface area contributed by atoms with E-state index in [2.05, 4.69) is 32.3 Å². The number of ether oxygens (including phenoxy) is 1. The van der Waals surface area contributed by atoms with Gasteiger partial charge in [-0.25, -0.2) is 0 Å². The Balaban J connectivity index is 1.36. The molecule has 0 unspecified atom stereocenters. The third-order valence-electron chi connectivity index (χ3n) is 5.75. The van der Waals surface area contributed by atoms with Gasteiger partial charge >= 0.3 is 0 Å². The molecule has 0 bridgehead atoms. The number of piperazine rings is 1. The van der Waals surface area contributed by atoms with E-state index in [0.717, 1.165) is 71.2 Å². The summed E-state index contributed by atoms with van der Waals surface area (Å²) in [6.07, 6.45) is 6.00. The van der Waals surface area contributed by atoms with Gasteiger partial charge < -0.3 is 20.3 Å². The van der Waals surface area contributed by atoms with Gasteiger partial charge in [0.15, 0.2) is 5.96 Å². The van der Waals surface area contributed by atoms with Gasteiger partial charge in [0.05, 0.1) is 6.54 Å². The normalized spacial score (nSPS) is 23.0. The predicted molar refractivity (Wildman–Crippen MR) is 103 cm³/mol. The molecule has 0 aromatic heterocycles. The molecule has 148 valence electrons. The molecule has 7 heteroatoms. The minimum Gasteiger partial charge on any atom is -0.382 e. The molecule has 0 atom stereocenters. The molecule has 7 nitrogen and oxygen atoms in total. The van der Waals surface area contributed by atoms with Gasteiger partial charge in [-0.2, -0.15) is 0 Å². The van der Waals surface area contributed by atoms with Gasteiger partial charge in [-0.1, -0.05) is 0 Å². The van der Waals surface area contributed by atoms with E-state index < -0.39 is 0 Å². The van der Waals surface area contributed by atoms with E-state index in [1.165, 1.54) is 12.8 Å². The Kier molecular flexibility index (Phi) is 6.75. The van der Waals surface area contributed by atoms with Gasteiger partial charge in [0.2, 0.25) is 5.91 Å². The predicted octanol–water partition coefficient (Wildman–Crippen LogP) is 0.665. The molecular formula is C19H35N5O2. The number of rotatable bonds is 9. The van der Waals surface area contributed by atoms with E-state index in [4.69, 9.17) is 4.74 Å². The van der Waals surface area contributed by atoms with Crippen LogP contribution in [0.2, 0.25) is 0 Å². The Bertz CT molecular complexity index is 494. The summed E-state index contributed by atoms with van der Waals surface area (Å²) in [6.45, 7) is 8.88.